The van der Waals surface area contributed by atoms with Crippen molar-refractivity contribution < 1.29 is 4.39 Å². The van der Waals surface area contributed by atoms with Gasteiger partial charge in [0.05, 0.1) is 11.4 Å². The van der Waals surface area contributed by atoms with E-state index in [4.69, 9.17) is 0 Å². The summed E-state index contributed by atoms with van der Waals surface area (Å²) in [6.45, 7) is 3.92. The first-order valence-electron chi connectivity index (χ1n) is 6.10. The Morgan fingerprint density at radius 1 is 1.00 bits per heavy atom. The summed E-state index contributed by atoms with van der Waals surface area (Å²) >= 11 is 0. The van der Waals surface area contributed by atoms with Gasteiger partial charge in [-0.3, -0.25) is 5.43 Å². The molecule has 94 valence electrons. The fourth-order valence-corrected chi connectivity index (χ4v) is 2.21. The average Bonchev–Trinajstić information content (AvgIpc) is 2.44. The highest BCUT2D eigenvalue weighted by Crippen LogP contribution is 2.22. The van der Waals surface area contributed by atoms with Crippen molar-refractivity contribution in [1.82, 2.24) is 5.43 Å². The summed E-state index contributed by atoms with van der Waals surface area (Å²) in [5.74, 6) is -0.202. The van der Waals surface area contributed by atoms with E-state index < -0.39 is 0 Å². The third-order valence-electron chi connectivity index (χ3n) is 3.20. The fraction of sp³-hybridized carbons (Fsp3) is 0.0625. The number of halogens is 1. The molecule has 0 aliphatic carbocycles. The molecule has 0 aromatic heterocycles. The van der Waals surface area contributed by atoms with E-state index in [1.54, 1.807) is 12.1 Å². The van der Waals surface area contributed by atoms with Gasteiger partial charge in [0.25, 0.3) is 0 Å². The normalized spacial score (nSPS) is 13.5. The molecular formula is C16H13FN2. The molecule has 0 unspecified atom stereocenters. The van der Waals surface area contributed by atoms with E-state index >= 15 is 0 Å². The summed E-state index contributed by atoms with van der Waals surface area (Å²) in [7, 11) is 0. The molecule has 0 fully saturated rings. The second-order valence-corrected chi connectivity index (χ2v) is 4.46. The van der Waals surface area contributed by atoms with Gasteiger partial charge in [0, 0.05) is 17.5 Å². The van der Waals surface area contributed by atoms with Crippen LogP contribution in [-0.4, -0.2) is 5.71 Å². The minimum absolute atomic E-state index is 0.202. The molecule has 1 aliphatic heterocycles. The van der Waals surface area contributed by atoms with Gasteiger partial charge in [-0.2, -0.15) is 5.10 Å². The van der Waals surface area contributed by atoms with Gasteiger partial charge in [0.2, 0.25) is 0 Å². The van der Waals surface area contributed by atoms with Gasteiger partial charge in [-0.1, -0.05) is 49.0 Å². The summed E-state index contributed by atoms with van der Waals surface area (Å²) in [5, 5.41) is 4.29. The largest absolute Gasteiger partial charge is 0.278 e. The van der Waals surface area contributed by atoms with E-state index in [0.29, 0.717) is 12.0 Å². The van der Waals surface area contributed by atoms with Gasteiger partial charge in [0.15, 0.2) is 0 Å². The standard InChI is InChI=1S/C16H13FN2/c1-11-13-7-3-4-8-14(13)16(19-18-11)10-12-6-2-5-9-15(12)17/h2-9,18H,1,10H2. The first-order valence-corrected chi connectivity index (χ1v) is 6.10. The van der Waals surface area contributed by atoms with Crippen LogP contribution in [0.4, 0.5) is 4.39 Å². The minimum Gasteiger partial charge on any atom is -0.278 e. The monoisotopic (exact) mass is 252 g/mol. The number of nitrogens with zero attached hydrogens (tertiary/aromatic N) is 1. The lowest BCUT2D eigenvalue weighted by Gasteiger charge is -2.19. The molecule has 19 heavy (non-hydrogen) atoms. The minimum atomic E-state index is -0.202. The zero-order valence-electron chi connectivity index (χ0n) is 10.4. The quantitative estimate of drug-likeness (QED) is 0.871. The van der Waals surface area contributed by atoms with Crippen LogP contribution in [0.25, 0.3) is 5.70 Å². The number of hydrazone groups is 1. The number of nitrogens with one attached hydrogen (secondary N) is 1. The summed E-state index contributed by atoms with van der Waals surface area (Å²) in [5.41, 5.74) is 7.17. The predicted octanol–water partition coefficient (Wildman–Crippen LogP) is 3.35. The van der Waals surface area contributed by atoms with Crippen LogP contribution in [0.5, 0.6) is 0 Å². The molecule has 0 spiro atoms. The molecule has 2 nitrogen and oxygen atoms in total. The molecule has 2 aromatic carbocycles. The zero-order chi connectivity index (χ0) is 13.2. The average molecular weight is 252 g/mol. The van der Waals surface area contributed by atoms with Crippen LogP contribution in [-0.2, 0) is 6.42 Å². The summed E-state index contributed by atoms with van der Waals surface area (Å²) in [6, 6.07) is 14.7. The van der Waals surface area contributed by atoms with Crippen LogP contribution in [0.15, 0.2) is 60.2 Å². The topological polar surface area (TPSA) is 24.4 Å². The molecule has 1 aliphatic rings. The smallest absolute Gasteiger partial charge is 0.126 e. The molecule has 0 radical (unpaired) electrons. The van der Waals surface area contributed by atoms with Crippen molar-refractivity contribution in [2.75, 3.05) is 0 Å². The summed E-state index contributed by atoms with van der Waals surface area (Å²) in [4.78, 5) is 0. The summed E-state index contributed by atoms with van der Waals surface area (Å²) in [6.07, 6.45) is 0.462. The highest BCUT2D eigenvalue weighted by Gasteiger charge is 2.17. The maximum atomic E-state index is 13.7. The Morgan fingerprint density at radius 3 is 2.47 bits per heavy atom. The van der Waals surface area contributed by atoms with Crippen molar-refractivity contribution in [3.8, 4) is 0 Å². The number of hydrogen-bond donors (Lipinski definition) is 1. The molecule has 0 amide bonds. The van der Waals surface area contributed by atoms with Crippen molar-refractivity contribution >= 4 is 11.4 Å². The lowest BCUT2D eigenvalue weighted by atomic mass is 9.95. The maximum absolute atomic E-state index is 13.7. The van der Waals surface area contributed by atoms with Crippen molar-refractivity contribution in [2.45, 2.75) is 6.42 Å². The SMILES string of the molecule is C=C1NN=C(Cc2ccccc2F)c2ccccc21. The van der Waals surface area contributed by atoms with Gasteiger partial charge >= 0.3 is 0 Å². The number of benzene rings is 2. The lowest BCUT2D eigenvalue weighted by Crippen LogP contribution is -2.20. The highest BCUT2D eigenvalue weighted by atomic mass is 19.1. The van der Waals surface area contributed by atoms with Crippen LogP contribution < -0.4 is 5.43 Å². The lowest BCUT2D eigenvalue weighted by molar-refractivity contribution is 0.616. The van der Waals surface area contributed by atoms with Crippen LogP contribution >= 0.6 is 0 Å². The number of hydrogen-bond acceptors (Lipinski definition) is 2. The molecule has 3 heteroatoms. The Kier molecular flexibility index (Phi) is 2.88. The van der Waals surface area contributed by atoms with E-state index in [2.05, 4.69) is 17.1 Å². The van der Waals surface area contributed by atoms with Crippen LogP contribution in [0.2, 0.25) is 0 Å². The van der Waals surface area contributed by atoms with Crippen molar-refractivity contribution in [2.24, 2.45) is 5.10 Å². The van der Waals surface area contributed by atoms with Gasteiger partial charge in [0.1, 0.15) is 5.82 Å². The van der Waals surface area contributed by atoms with Gasteiger partial charge < -0.3 is 0 Å². The van der Waals surface area contributed by atoms with E-state index in [1.165, 1.54) is 6.07 Å². The van der Waals surface area contributed by atoms with Crippen LogP contribution in [0, 0.1) is 5.82 Å². The Hall–Kier alpha value is -2.42. The Labute approximate surface area is 111 Å². The Bertz CT molecular complexity index is 674. The van der Waals surface area contributed by atoms with Gasteiger partial charge in [-0.15, -0.1) is 0 Å². The zero-order valence-corrected chi connectivity index (χ0v) is 10.4. The van der Waals surface area contributed by atoms with Gasteiger partial charge in [-0.25, -0.2) is 4.39 Å². The second kappa shape index (κ2) is 4.69. The van der Waals surface area contributed by atoms with E-state index in [9.17, 15) is 4.39 Å². The van der Waals surface area contributed by atoms with Crippen molar-refractivity contribution in [3.05, 3.63) is 77.6 Å². The molecule has 1 heterocycles. The van der Waals surface area contributed by atoms with E-state index in [-0.39, 0.29) is 5.82 Å². The fourth-order valence-electron chi connectivity index (χ4n) is 2.21. The van der Waals surface area contributed by atoms with E-state index in [1.807, 2.05) is 30.3 Å². The highest BCUT2D eigenvalue weighted by molar-refractivity contribution is 6.06. The van der Waals surface area contributed by atoms with Crippen LogP contribution in [0.3, 0.4) is 0 Å². The maximum Gasteiger partial charge on any atom is 0.126 e. The molecule has 3 rings (SSSR count). The Morgan fingerprint density at radius 2 is 1.68 bits per heavy atom. The molecule has 1 N–H and O–H groups in total. The van der Waals surface area contributed by atoms with Crippen molar-refractivity contribution in [1.29, 1.82) is 0 Å². The molecule has 2 aromatic rings. The third-order valence-corrected chi connectivity index (χ3v) is 3.20. The predicted molar refractivity (Wildman–Crippen MR) is 75.3 cm³/mol. The molecule has 0 atom stereocenters. The number of rotatable bonds is 2. The van der Waals surface area contributed by atoms with Crippen LogP contribution in [0.1, 0.15) is 16.7 Å². The third kappa shape index (κ3) is 2.15. The van der Waals surface area contributed by atoms with E-state index in [0.717, 1.165) is 22.5 Å². The molecule has 0 bridgehead atoms. The molecule has 0 saturated heterocycles. The Balaban J connectivity index is 1.99. The van der Waals surface area contributed by atoms with Crippen molar-refractivity contribution in [3.63, 3.8) is 0 Å². The summed E-state index contributed by atoms with van der Waals surface area (Å²) < 4.78 is 13.7. The second-order valence-electron chi connectivity index (χ2n) is 4.46. The number of fused-ring (bicyclic) bond motifs is 1. The first kappa shape index (κ1) is 11.7. The first-order chi connectivity index (χ1) is 9.25. The van der Waals surface area contributed by atoms with Gasteiger partial charge in [-0.05, 0) is 11.6 Å². The molecular weight excluding hydrogens is 239 g/mol. The molecule has 0 saturated carbocycles.